The number of aromatic nitrogens is 4. The second kappa shape index (κ2) is 5.47. The summed E-state index contributed by atoms with van der Waals surface area (Å²) < 4.78 is 14.5. The lowest BCUT2D eigenvalue weighted by Gasteiger charge is -2.21. The zero-order valence-electron chi connectivity index (χ0n) is 13.3. The van der Waals surface area contributed by atoms with E-state index in [9.17, 15) is 4.79 Å². The Bertz CT molecular complexity index is 717. The van der Waals surface area contributed by atoms with Crippen molar-refractivity contribution in [3.05, 3.63) is 17.5 Å². The normalized spacial score (nSPS) is 17.0. The monoisotopic (exact) mass is 304 g/mol. The van der Waals surface area contributed by atoms with Crippen LogP contribution in [-0.4, -0.2) is 38.2 Å². The summed E-state index contributed by atoms with van der Waals surface area (Å²) >= 11 is 0. The van der Waals surface area contributed by atoms with Crippen molar-refractivity contribution in [1.82, 2.24) is 19.6 Å². The molecule has 0 spiro atoms. The Kier molecular flexibility index (Phi) is 3.64. The van der Waals surface area contributed by atoms with E-state index in [2.05, 4.69) is 10.2 Å². The summed E-state index contributed by atoms with van der Waals surface area (Å²) in [6, 6.07) is 0. The number of hydrogen-bond donors (Lipinski definition) is 0. The quantitative estimate of drug-likeness (QED) is 0.810. The Morgan fingerprint density at radius 3 is 2.91 bits per heavy atom. The van der Waals surface area contributed by atoms with Gasteiger partial charge in [-0.05, 0) is 20.8 Å². The average Bonchev–Trinajstić information content (AvgIpc) is 2.98. The molecule has 0 amide bonds. The van der Waals surface area contributed by atoms with Crippen LogP contribution in [0.5, 0.6) is 5.88 Å². The molecule has 2 aromatic heterocycles. The minimum absolute atomic E-state index is 0.0558. The van der Waals surface area contributed by atoms with E-state index in [1.165, 1.54) is 0 Å². The lowest BCUT2D eigenvalue weighted by atomic mass is 10.1. The van der Waals surface area contributed by atoms with E-state index in [4.69, 9.17) is 9.47 Å². The van der Waals surface area contributed by atoms with Crippen LogP contribution in [0.2, 0.25) is 0 Å². The van der Waals surface area contributed by atoms with E-state index >= 15 is 0 Å². The summed E-state index contributed by atoms with van der Waals surface area (Å²) in [5.74, 6) is 0.0894. The number of nitrogens with zero attached hydrogens (tertiary/aromatic N) is 4. The fourth-order valence-corrected chi connectivity index (χ4v) is 2.68. The maximum Gasteiger partial charge on any atom is 0.345 e. The van der Waals surface area contributed by atoms with Gasteiger partial charge in [-0.3, -0.25) is 4.68 Å². The maximum absolute atomic E-state index is 12.4. The van der Waals surface area contributed by atoms with Crippen molar-refractivity contribution in [3.63, 3.8) is 0 Å². The Labute approximate surface area is 128 Å². The Balaban J connectivity index is 2.17. The first kappa shape index (κ1) is 14.6. The summed E-state index contributed by atoms with van der Waals surface area (Å²) in [4.78, 5) is 12.4. The Morgan fingerprint density at radius 2 is 2.27 bits per heavy atom. The third-order valence-corrected chi connectivity index (χ3v) is 3.71. The van der Waals surface area contributed by atoms with Crippen LogP contribution in [0.1, 0.15) is 36.3 Å². The molecule has 7 heteroatoms. The number of ether oxygens (including phenoxy) is 2. The topological polar surface area (TPSA) is 71.2 Å². The molecule has 0 aliphatic carbocycles. The fourth-order valence-electron chi connectivity index (χ4n) is 2.68. The van der Waals surface area contributed by atoms with Crippen LogP contribution in [0.25, 0.3) is 11.3 Å². The van der Waals surface area contributed by atoms with Crippen molar-refractivity contribution in [3.8, 4) is 17.1 Å². The van der Waals surface area contributed by atoms with E-state index < -0.39 is 5.97 Å². The van der Waals surface area contributed by atoms with E-state index in [1.54, 1.807) is 16.3 Å². The lowest BCUT2D eigenvalue weighted by molar-refractivity contribution is 0.0515. The van der Waals surface area contributed by atoms with Crippen molar-refractivity contribution in [2.75, 3.05) is 6.61 Å². The summed E-state index contributed by atoms with van der Waals surface area (Å²) in [6.45, 7) is 6.70. The summed E-state index contributed by atoms with van der Waals surface area (Å²) in [5.41, 5.74) is 2.61. The van der Waals surface area contributed by atoms with Crippen molar-refractivity contribution in [2.45, 2.75) is 39.8 Å². The van der Waals surface area contributed by atoms with E-state index in [0.717, 1.165) is 24.2 Å². The second-order valence-electron chi connectivity index (χ2n) is 5.49. The molecule has 0 saturated carbocycles. The molecule has 0 aromatic carbocycles. The molecule has 0 fully saturated rings. The van der Waals surface area contributed by atoms with Gasteiger partial charge < -0.3 is 9.47 Å². The molecule has 0 saturated heterocycles. The molecule has 3 heterocycles. The fraction of sp³-hybridized carbons (Fsp3) is 0.533. The molecule has 1 aliphatic rings. The average molecular weight is 304 g/mol. The van der Waals surface area contributed by atoms with Gasteiger partial charge in [-0.2, -0.15) is 10.2 Å². The SMILES string of the molecule is CCOC(=O)c1c(-c2cn(C)nc2C)nn2c1O[C@H](C)CC2. The molecule has 7 nitrogen and oxygen atoms in total. The molecular formula is C15H20N4O3. The van der Waals surface area contributed by atoms with Crippen molar-refractivity contribution < 1.29 is 14.3 Å². The molecule has 1 aliphatic heterocycles. The third-order valence-electron chi connectivity index (χ3n) is 3.71. The molecule has 1 atom stereocenters. The molecule has 2 aromatic rings. The van der Waals surface area contributed by atoms with Gasteiger partial charge in [-0.1, -0.05) is 0 Å². The standard InChI is InChI=1S/C15H20N4O3/c1-5-21-15(20)12-13(11-8-18(4)16-10(11)3)17-19-7-6-9(2)22-14(12)19/h8-9H,5-7H2,1-4H3/t9-/m1/s1. The molecular weight excluding hydrogens is 284 g/mol. The summed E-state index contributed by atoms with van der Waals surface area (Å²) in [7, 11) is 1.84. The van der Waals surface area contributed by atoms with Gasteiger partial charge in [0.1, 0.15) is 11.3 Å². The highest BCUT2D eigenvalue weighted by atomic mass is 16.5. The largest absolute Gasteiger partial charge is 0.474 e. The third kappa shape index (κ3) is 2.36. The van der Waals surface area contributed by atoms with Crippen LogP contribution >= 0.6 is 0 Å². The summed E-state index contributed by atoms with van der Waals surface area (Å²) in [6.07, 6.45) is 2.78. The minimum atomic E-state index is -0.406. The second-order valence-corrected chi connectivity index (χ2v) is 5.49. The van der Waals surface area contributed by atoms with Gasteiger partial charge in [0, 0.05) is 31.8 Å². The van der Waals surface area contributed by atoms with Gasteiger partial charge in [0.2, 0.25) is 5.88 Å². The van der Waals surface area contributed by atoms with Gasteiger partial charge >= 0.3 is 5.97 Å². The summed E-state index contributed by atoms with van der Waals surface area (Å²) in [5, 5.41) is 8.90. The molecule has 22 heavy (non-hydrogen) atoms. The smallest absolute Gasteiger partial charge is 0.345 e. The van der Waals surface area contributed by atoms with Crippen LogP contribution in [0, 0.1) is 6.92 Å². The highest BCUT2D eigenvalue weighted by molar-refractivity contribution is 5.99. The van der Waals surface area contributed by atoms with Gasteiger partial charge in [0.15, 0.2) is 0 Å². The molecule has 3 rings (SSSR count). The highest BCUT2D eigenvalue weighted by Gasteiger charge is 2.32. The first-order valence-corrected chi connectivity index (χ1v) is 7.46. The van der Waals surface area contributed by atoms with E-state index in [1.807, 2.05) is 27.1 Å². The Hall–Kier alpha value is -2.31. The van der Waals surface area contributed by atoms with Crippen LogP contribution in [0.3, 0.4) is 0 Å². The molecule has 0 unspecified atom stereocenters. The van der Waals surface area contributed by atoms with Crippen molar-refractivity contribution >= 4 is 5.97 Å². The van der Waals surface area contributed by atoms with E-state index in [0.29, 0.717) is 23.7 Å². The van der Waals surface area contributed by atoms with Crippen molar-refractivity contribution in [2.24, 2.45) is 7.05 Å². The molecule has 0 radical (unpaired) electrons. The number of fused-ring (bicyclic) bond motifs is 1. The lowest BCUT2D eigenvalue weighted by Crippen LogP contribution is -2.24. The van der Waals surface area contributed by atoms with Crippen LogP contribution in [0.4, 0.5) is 0 Å². The minimum Gasteiger partial charge on any atom is -0.474 e. The predicted octanol–water partition coefficient (Wildman–Crippen LogP) is 1.94. The number of rotatable bonds is 3. The number of aryl methyl sites for hydroxylation is 3. The van der Waals surface area contributed by atoms with Gasteiger partial charge in [0.05, 0.1) is 18.4 Å². The number of carbonyl (C=O) groups excluding carboxylic acids is 1. The van der Waals surface area contributed by atoms with Gasteiger partial charge in [0.25, 0.3) is 0 Å². The van der Waals surface area contributed by atoms with Crippen LogP contribution < -0.4 is 4.74 Å². The molecule has 0 bridgehead atoms. The van der Waals surface area contributed by atoms with Gasteiger partial charge in [-0.25, -0.2) is 9.48 Å². The van der Waals surface area contributed by atoms with Crippen LogP contribution in [0.15, 0.2) is 6.20 Å². The Morgan fingerprint density at radius 1 is 1.50 bits per heavy atom. The number of esters is 1. The van der Waals surface area contributed by atoms with Crippen molar-refractivity contribution in [1.29, 1.82) is 0 Å². The maximum atomic E-state index is 12.4. The van der Waals surface area contributed by atoms with Crippen LogP contribution in [-0.2, 0) is 18.3 Å². The first-order valence-electron chi connectivity index (χ1n) is 7.46. The zero-order chi connectivity index (χ0) is 15.9. The molecule has 118 valence electrons. The first-order chi connectivity index (χ1) is 10.5. The zero-order valence-corrected chi connectivity index (χ0v) is 13.3. The van der Waals surface area contributed by atoms with Gasteiger partial charge in [-0.15, -0.1) is 0 Å². The highest BCUT2D eigenvalue weighted by Crippen LogP contribution is 2.35. The number of carbonyl (C=O) groups is 1. The predicted molar refractivity (Wildman–Crippen MR) is 79.8 cm³/mol. The molecule has 0 N–H and O–H groups in total. The number of hydrogen-bond acceptors (Lipinski definition) is 5. The van der Waals surface area contributed by atoms with E-state index in [-0.39, 0.29) is 6.10 Å².